The minimum Gasteiger partial charge on any atom is -0.465 e. The molecule has 41 heavy (non-hydrogen) atoms. The maximum Gasteiger partial charge on any atom is 0.312 e. The van der Waals surface area contributed by atoms with E-state index >= 15 is 0 Å². The summed E-state index contributed by atoms with van der Waals surface area (Å²) in [7, 11) is 0. The van der Waals surface area contributed by atoms with E-state index in [2.05, 4.69) is 29.1 Å². The zero-order valence-electron chi connectivity index (χ0n) is 24.6. The van der Waals surface area contributed by atoms with Gasteiger partial charge in [-0.3, -0.25) is 14.4 Å². The molecule has 0 radical (unpaired) electrons. The van der Waals surface area contributed by atoms with Gasteiger partial charge >= 0.3 is 5.97 Å². The lowest BCUT2D eigenvalue weighted by Crippen LogP contribution is -2.59. The smallest absolute Gasteiger partial charge is 0.312 e. The van der Waals surface area contributed by atoms with Crippen LogP contribution in [-0.4, -0.2) is 76.2 Å². The van der Waals surface area contributed by atoms with Crippen molar-refractivity contribution >= 4 is 39.4 Å². The number of rotatable bonds is 13. The molecule has 1 aromatic carbocycles. The molecule has 0 aromatic heterocycles. The zero-order valence-corrected chi connectivity index (χ0v) is 26.1. The molecule has 9 heteroatoms. The van der Waals surface area contributed by atoms with Crippen molar-refractivity contribution < 1.29 is 29.0 Å². The highest BCUT2D eigenvalue weighted by molar-refractivity contribution is 9.09. The number of alkyl halides is 1. The van der Waals surface area contributed by atoms with Gasteiger partial charge in [-0.25, -0.2) is 0 Å². The molecule has 0 saturated carbocycles. The van der Waals surface area contributed by atoms with Gasteiger partial charge in [0.1, 0.15) is 11.6 Å². The number of allylic oxidation sites excluding steroid dienone is 1. The number of nitrogens with zero attached hydrogens (tertiary/aromatic N) is 2. The lowest BCUT2D eigenvalue weighted by atomic mass is 9.70. The van der Waals surface area contributed by atoms with Gasteiger partial charge < -0.3 is 24.4 Å². The molecule has 3 unspecified atom stereocenters. The number of hydrogen-bond donors (Lipinski definition) is 1. The molecule has 1 aromatic rings. The van der Waals surface area contributed by atoms with Crippen molar-refractivity contribution in [1.29, 1.82) is 0 Å². The average Bonchev–Trinajstić information content (AvgIpc) is 3.52. The third kappa shape index (κ3) is 5.65. The summed E-state index contributed by atoms with van der Waals surface area (Å²) >= 11 is 3.71. The largest absolute Gasteiger partial charge is 0.465 e. The fraction of sp³-hybridized carbons (Fsp3) is 0.594. The molecule has 3 fully saturated rings. The summed E-state index contributed by atoms with van der Waals surface area (Å²) in [5.41, 5.74) is 1.40. The Hall–Kier alpha value is -2.49. The van der Waals surface area contributed by atoms with E-state index in [0.29, 0.717) is 25.7 Å². The summed E-state index contributed by atoms with van der Waals surface area (Å²) in [5, 5.41) is 10.5. The predicted octanol–water partition coefficient (Wildman–Crippen LogP) is 4.49. The first-order valence-electron chi connectivity index (χ1n) is 14.5. The molecule has 2 amide bonds. The van der Waals surface area contributed by atoms with Crippen LogP contribution in [0, 0.1) is 31.6 Å². The van der Waals surface area contributed by atoms with Crippen molar-refractivity contribution in [3.8, 4) is 0 Å². The molecular formula is C32H43BrN2O6. The molecule has 1 N–H and O–H groups in total. The van der Waals surface area contributed by atoms with Gasteiger partial charge in [-0.1, -0.05) is 54.1 Å². The number of carbonyl (C=O) groups excluding carboxylic acids is 3. The van der Waals surface area contributed by atoms with Gasteiger partial charge in [0.2, 0.25) is 5.91 Å². The second-order valence-electron chi connectivity index (χ2n) is 12.0. The minimum absolute atomic E-state index is 0.156. The van der Waals surface area contributed by atoms with Crippen LogP contribution in [0.25, 0.3) is 0 Å². The van der Waals surface area contributed by atoms with Gasteiger partial charge in [-0.2, -0.15) is 0 Å². The van der Waals surface area contributed by atoms with Gasteiger partial charge in [0.25, 0.3) is 5.91 Å². The Morgan fingerprint density at radius 2 is 2.02 bits per heavy atom. The van der Waals surface area contributed by atoms with E-state index in [1.807, 2.05) is 45.9 Å². The molecule has 4 rings (SSSR count). The summed E-state index contributed by atoms with van der Waals surface area (Å²) in [6, 6.07) is 4.27. The number of carbonyl (C=O) groups is 3. The van der Waals surface area contributed by atoms with Crippen molar-refractivity contribution in [2.24, 2.45) is 17.8 Å². The summed E-state index contributed by atoms with van der Waals surface area (Å²) < 4.78 is 12.3. The molecule has 1 spiro atoms. The monoisotopic (exact) mass is 630 g/mol. The molecule has 3 heterocycles. The predicted molar refractivity (Wildman–Crippen MR) is 162 cm³/mol. The second-order valence-corrected chi connectivity index (χ2v) is 13.2. The molecule has 3 aliphatic rings. The number of aryl methyl sites for hydroxylation is 2. The van der Waals surface area contributed by atoms with Crippen molar-refractivity contribution in [2.45, 2.75) is 82.0 Å². The maximum atomic E-state index is 14.8. The van der Waals surface area contributed by atoms with Crippen molar-refractivity contribution in [3.05, 3.63) is 54.6 Å². The first-order chi connectivity index (χ1) is 19.5. The Morgan fingerprint density at radius 3 is 2.66 bits per heavy atom. The van der Waals surface area contributed by atoms with Gasteiger partial charge in [0.05, 0.1) is 37.2 Å². The summed E-state index contributed by atoms with van der Waals surface area (Å²) in [4.78, 5) is 45.7. The number of aliphatic hydroxyl groups is 1. The number of halogens is 1. The Labute approximate surface area is 251 Å². The van der Waals surface area contributed by atoms with Gasteiger partial charge in [0, 0.05) is 17.1 Å². The molecule has 3 aliphatic heterocycles. The molecule has 3 saturated heterocycles. The van der Waals surface area contributed by atoms with E-state index in [0.717, 1.165) is 16.8 Å². The number of unbranched alkanes of at least 4 members (excludes halogenated alkanes) is 1. The van der Waals surface area contributed by atoms with Crippen LogP contribution in [-0.2, 0) is 23.9 Å². The highest BCUT2D eigenvalue weighted by Crippen LogP contribution is 2.61. The quantitative estimate of drug-likeness (QED) is 0.149. The Balaban J connectivity index is 1.81. The van der Waals surface area contributed by atoms with E-state index in [4.69, 9.17) is 9.47 Å². The van der Waals surface area contributed by atoms with Crippen molar-refractivity contribution in [1.82, 2.24) is 4.90 Å². The van der Waals surface area contributed by atoms with Crippen LogP contribution in [0.15, 0.2) is 43.5 Å². The number of amides is 2. The first kappa shape index (κ1) is 31.4. The summed E-state index contributed by atoms with van der Waals surface area (Å²) in [5.74, 6) is -2.71. The van der Waals surface area contributed by atoms with Crippen LogP contribution in [0.1, 0.15) is 50.7 Å². The fourth-order valence-electron chi connectivity index (χ4n) is 6.92. The van der Waals surface area contributed by atoms with E-state index < -0.39 is 41.6 Å². The fourth-order valence-corrected chi connectivity index (χ4v) is 7.86. The maximum absolute atomic E-state index is 14.8. The van der Waals surface area contributed by atoms with Crippen LogP contribution >= 0.6 is 15.9 Å². The summed E-state index contributed by atoms with van der Waals surface area (Å²) in [6.07, 6.45) is 5.06. The Kier molecular flexibility index (Phi) is 9.81. The average molecular weight is 632 g/mol. The van der Waals surface area contributed by atoms with Crippen LogP contribution in [0.2, 0.25) is 0 Å². The topological polar surface area (TPSA) is 96.4 Å². The Bertz CT molecular complexity index is 1190. The number of ether oxygens (including phenoxy) is 2. The Morgan fingerprint density at radius 1 is 1.29 bits per heavy atom. The molecule has 7 atom stereocenters. The highest BCUT2D eigenvalue weighted by Gasteiger charge is 2.77. The van der Waals surface area contributed by atoms with Gasteiger partial charge in [-0.05, 0) is 62.6 Å². The molecule has 2 bridgehead atoms. The highest BCUT2D eigenvalue weighted by atomic mass is 79.9. The van der Waals surface area contributed by atoms with Crippen LogP contribution < -0.4 is 4.90 Å². The molecule has 224 valence electrons. The molecule has 8 nitrogen and oxygen atoms in total. The second kappa shape index (κ2) is 12.8. The zero-order chi connectivity index (χ0) is 30.1. The van der Waals surface area contributed by atoms with Crippen molar-refractivity contribution in [2.75, 3.05) is 24.7 Å². The molecular weight excluding hydrogens is 588 g/mol. The molecule has 0 aliphatic carbocycles. The number of anilines is 1. The minimum atomic E-state index is -1.24. The lowest BCUT2D eigenvalue weighted by molar-refractivity contribution is -0.155. The normalized spacial score (nSPS) is 29.0. The van der Waals surface area contributed by atoms with Gasteiger partial charge in [0.15, 0.2) is 0 Å². The van der Waals surface area contributed by atoms with E-state index in [-0.39, 0.29) is 42.3 Å². The number of benzene rings is 1. The summed E-state index contributed by atoms with van der Waals surface area (Å²) in [6.45, 7) is 15.7. The third-order valence-corrected chi connectivity index (χ3v) is 9.46. The van der Waals surface area contributed by atoms with E-state index in [9.17, 15) is 19.5 Å². The standard InChI is InChI=1S/C32H43BrN2O6/c1-7-9-10-14-40-31(39)25-26-29(37)35(22(18-36)15-19(3)4)28(32(26)17-23(33)27(25)41-32)30(38)34(13-8-2)24-16-20(5)11-12-21(24)6/h7-8,11-12,16,19,22-23,25-28,36H,1-2,9-10,13-15,17-18H2,3-6H3/t22-,23?,25+,26+,27+,28?,32?/m1/s1. The number of likely N-dealkylation sites (tertiary alicyclic amines) is 1. The van der Waals surface area contributed by atoms with Gasteiger partial charge in [-0.15, -0.1) is 13.2 Å². The van der Waals surface area contributed by atoms with E-state index in [1.54, 1.807) is 17.1 Å². The van der Waals surface area contributed by atoms with Crippen LogP contribution in [0.5, 0.6) is 0 Å². The number of esters is 1. The van der Waals surface area contributed by atoms with Crippen molar-refractivity contribution in [3.63, 3.8) is 0 Å². The number of aliphatic hydroxyl groups excluding tert-OH is 1. The van der Waals surface area contributed by atoms with Crippen LogP contribution in [0.3, 0.4) is 0 Å². The first-order valence-corrected chi connectivity index (χ1v) is 15.5. The lowest BCUT2D eigenvalue weighted by Gasteiger charge is -2.40. The number of fused-ring (bicyclic) bond motifs is 1. The number of hydrogen-bond acceptors (Lipinski definition) is 6. The van der Waals surface area contributed by atoms with Crippen LogP contribution in [0.4, 0.5) is 5.69 Å². The van der Waals surface area contributed by atoms with E-state index in [1.165, 1.54) is 4.90 Å². The third-order valence-electron chi connectivity index (χ3n) is 8.61. The SMILES string of the molecule is C=CCCCOC(=O)[C@H]1[C@H]2C(=O)N([C@@H](CO)CC(C)C)C(C(=O)N(CC=C)c3cc(C)ccc3C)C23CC(Br)[C@@H]1O3.